The minimum atomic E-state index is -3.39. The average molecular weight is 578 g/mol. The van der Waals surface area contributed by atoms with Crippen molar-refractivity contribution in [2.24, 2.45) is 17.6 Å². The predicted molar refractivity (Wildman–Crippen MR) is 156 cm³/mol. The van der Waals surface area contributed by atoms with Crippen molar-refractivity contribution in [3.05, 3.63) is 42.1 Å². The van der Waals surface area contributed by atoms with E-state index in [1.54, 1.807) is 19.4 Å². The molecule has 2 bridgehead atoms. The molecule has 41 heavy (non-hydrogen) atoms. The average Bonchev–Trinajstić information content (AvgIpc) is 3.30. The molecule has 1 saturated heterocycles. The molecule has 1 aliphatic heterocycles. The Morgan fingerprint density at radius 2 is 2.00 bits per heavy atom. The smallest absolute Gasteiger partial charge is 0.254 e. The SMILES string of the molecule is COc1cc(C(=O)N2C[C@H]3CC[C@@H]2[C@@H]3N)cc2nc(-c3cc4cccnc4n3CC3CC3)n(CCNS(C)(=O)=O)c12. The van der Waals surface area contributed by atoms with Crippen molar-refractivity contribution in [1.82, 2.24) is 28.7 Å². The Morgan fingerprint density at radius 1 is 1.17 bits per heavy atom. The number of ether oxygens (including phenoxy) is 1. The topological polar surface area (TPSA) is 137 Å². The third kappa shape index (κ3) is 4.67. The van der Waals surface area contributed by atoms with Gasteiger partial charge in [0, 0.05) is 55.4 Å². The van der Waals surface area contributed by atoms with Crippen LogP contribution in [0.25, 0.3) is 33.6 Å². The largest absolute Gasteiger partial charge is 0.494 e. The van der Waals surface area contributed by atoms with E-state index in [1.165, 1.54) is 12.8 Å². The molecule has 4 heterocycles. The van der Waals surface area contributed by atoms with Crippen LogP contribution in [0.2, 0.25) is 0 Å². The Labute approximate surface area is 238 Å². The molecule has 0 spiro atoms. The third-order valence-corrected chi connectivity index (χ3v) is 9.64. The lowest BCUT2D eigenvalue weighted by molar-refractivity contribution is 0.0700. The van der Waals surface area contributed by atoms with Crippen LogP contribution < -0.4 is 15.2 Å². The van der Waals surface area contributed by atoms with Gasteiger partial charge in [-0.25, -0.2) is 23.1 Å². The number of benzene rings is 1. The number of pyridine rings is 1. The van der Waals surface area contributed by atoms with E-state index in [1.807, 2.05) is 27.7 Å². The Kier molecular flexibility index (Phi) is 6.32. The highest BCUT2D eigenvalue weighted by atomic mass is 32.2. The molecule has 3 fully saturated rings. The molecule has 11 nitrogen and oxygen atoms in total. The van der Waals surface area contributed by atoms with E-state index in [0.717, 1.165) is 42.4 Å². The van der Waals surface area contributed by atoms with Crippen molar-refractivity contribution in [2.75, 3.05) is 26.5 Å². The van der Waals surface area contributed by atoms with Gasteiger partial charge in [-0.3, -0.25) is 4.79 Å². The summed E-state index contributed by atoms with van der Waals surface area (Å²) in [5.41, 5.74) is 10.0. The van der Waals surface area contributed by atoms with Gasteiger partial charge in [0.1, 0.15) is 16.9 Å². The van der Waals surface area contributed by atoms with Crippen molar-refractivity contribution < 1.29 is 17.9 Å². The second kappa shape index (κ2) is 9.81. The molecule has 4 aromatic rings. The van der Waals surface area contributed by atoms with Gasteiger partial charge in [-0.15, -0.1) is 0 Å². The van der Waals surface area contributed by atoms with Crippen LogP contribution in [0, 0.1) is 11.8 Å². The maximum atomic E-state index is 13.7. The van der Waals surface area contributed by atoms with E-state index in [-0.39, 0.29) is 24.5 Å². The van der Waals surface area contributed by atoms with E-state index in [4.69, 9.17) is 15.5 Å². The summed E-state index contributed by atoms with van der Waals surface area (Å²) >= 11 is 0. The number of nitrogens with zero attached hydrogens (tertiary/aromatic N) is 5. The number of sulfonamides is 1. The van der Waals surface area contributed by atoms with Gasteiger partial charge in [0.2, 0.25) is 10.0 Å². The van der Waals surface area contributed by atoms with Gasteiger partial charge in [-0.05, 0) is 67.9 Å². The van der Waals surface area contributed by atoms with Gasteiger partial charge in [-0.1, -0.05) is 0 Å². The molecule has 12 heteroatoms. The first-order chi connectivity index (χ1) is 19.7. The lowest BCUT2D eigenvalue weighted by Gasteiger charge is -2.27. The van der Waals surface area contributed by atoms with Crippen LogP contribution in [0.4, 0.5) is 0 Å². The number of carbonyl (C=O) groups excluding carboxylic acids is 1. The number of amides is 1. The minimum absolute atomic E-state index is 0.0275. The van der Waals surface area contributed by atoms with Crippen molar-refractivity contribution >= 4 is 38.0 Å². The molecule has 3 atom stereocenters. The highest BCUT2D eigenvalue weighted by molar-refractivity contribution is 7.88. The summed E-state index contributed by atoms with van der Waals surface area (Å²) in [7, 11) is -1.81. The first-order valence-electron chi connectivity index (χ1n) is 14.3. The molecule has 0 radical (unpaired) electrons. The van der Waals surface area contributed by atoms with Crippen LogP contribution in [0.5, 0.6) is 5.75 Å². The lowest BCUT2D eigenvalue weighted by Crippen LogP contribution is -2.41. The van der Waals surface area contributed by atoms with E-state index >= 15 is 0 Å². The minimum Gasteiger partial charge on any atom is -0.494 e. The van der Waals surface area contributed by atoms with Gasteiger partial charge in [0.05, 0.1) is 24.6 Å². The van der Waals surface area contributed by atoms with E-state index in [0.29, 0.717) is 53.1 Å². The maximum Gasteiger partial charge on any atom is 0.254 e. The van der Waals surface area contributed by atoms with Crippen LogP contribution in [0.3, 0.4) is 0 Å². The standard InChI is InChI=1S/C29H35N7O4S/c1-40-24-14-20(29(37)36-16-19-7-8-22(36)25(19)30)12-21-26(24)34(11-10-32-41(2,38)39)28(33-21)23-13-18-4-3-9-31-27(18)35(23)15-17-5-6-17/h3-4,9,12-14,17,19,22,25,32H,5-8,10-11,15-16,30H2,1-2H3/t19-,22-,25-/m1/s1. The quantitative estimate of drug-likeness (QED) is 0.312. The van der Waals surface area contributed by atoms with Crippen LogP contribution in [0.15, 0.2) is 36.5 Å². The molecule has 216 valence electrons. The summed E-state index contributed by atoms with van der Waals surface area (Å²) < 4.78 is 36.5. The zero-order valence-electron chi connectivity index (χ0n) is 23.3. The number of imidazole rings is 1. The Balaban J connectivity index is 1.37. The molecule has 0 unspecified atom stereocenters. The van der Waals surface area contributed by atoms with E-state index < -0.39 is 10.0 Å². The van der Waals surface area contributed by atoms with Gasteiger partial charge in [-0.2, -0.15) is 0 Å². The van der Waals surface area contributed by atoms with Crippen LogP contribution in [-0.2, 0) is 23.1 Å². The molecule has 7 rings (SSSR count). The van der Waals surface area contributed by atoms with Crippen LogP contribution in [-0.4, -0.2) is 76.9 Å². The summed E-state index contributed by atoms with van der Waals surface area (Å²) in [5.74, 6) is 2.08. The van der Waals surface area contributed by atoms with Gasteiger partial charge in [0.15, 0.2) is 5.82 Å². The third-order valence-electron chi connectivity index (χ3n) is 8.91. The summed E-state index contributed by atoms with van der Waals surface area (Å²) in [5, 5.41) is 1.01. The van der Waals surface area contributed by atoms with Crippen LogP contribution in [0.1, 0.15) is 36.0 Å². The first kappa shape index (κ1) is 26.4. The molecular formula is C29H35N7O4S. The lowest BCUT2D eigenvalue weighted by atomic mass is 10.1. The number of likely N-dealkylation sites (tertiary alicyclic amines) is 1. The molecule has 1 amide bonds. The molecule has 3 aromatic heterocycles. The fourth-order valence-corrected chi connectivity index (χ4v) is 7.19. The maximum absolute atomic E-state index is 13.7. The molecular weight excluding hydrogens is 542 g/mol. The Bertz CT molecular complexity index is 1770. The van der Waals surface area contributed by atoms with Crippen LogP contribution >= 0.6 is 0 Å². The molecule has 3 aliphatic rings. The van der Waals surface area contributed by atoms with Crippen molar-refractivity contribution in [1.29, 1.82) is 0 Å². The normalized spacial score (nSPS) is 22.3. The summed E-state index contributed by atoms with van der Waals surface area (Å²) in [6.07, 6.45) is 7.31. The number of hydrogen-bond acceptors (Lipinski definition) is 7. The zero-order valence-corrected chi connectivity index (χ0v) is 24.1. The van der Waals surface area contributed by atoms with E-state index in [9.17, 15) is 13.2 Å². The molecule has 2 saturated carbocycles. The number of nitrogens with one attached hydrogen (secondary N) is 1. The number of hydrogen-bond donors (Lipinski definition) is 2. The molecule has 2 aliphatic carbocycles. The second-order valence-corrected chi connectivity index (χ2v) is 13.6. The van der Waals surface area contributed by atoms with Crippen molar-refractivity contribution in [2.45, 2.75) is 50.9 Å². The Morgan fingerprint density at radius 3 is 2.68 bits per heavy atom. The summed E-state index contributed by atoms with van der Waals surface area (Å²) in [4.78, 5) is 25.4. The fourth-order valence-electron chi connectivity index (χ4n) is 6.73. The highest BCUT2D eigenvalue weighted by Crippen LogP contribution is 2.40. The predicted octanol–water partition coefficient (Wildman–Crippen LogP) is 2.58. The fraction of sp³-hybridized carbons (Fsp3) is 0.483. The number of carbonyl (C=O) groups is 1. The number of methoxy groups -OCH3 is 1. The van der Waals surface area contributed by atoms with Crippen molar-refractivity contribution in [3.63, 3.8) is 0 Å². The van der Waals surface area contributed by atoms with Gasteiger partial charge < -0.3 is 24.5 Å². The zero-order chi connectivity index (χ0) is 28.5. The molecule has 3 N–H and O–H groups in total. The number of nitrogens with two attached hydrogens (primary N) is 1. The summed E-state index contributed by atoms with van der Waals surface area (Å²) in [6, 6.07) is 9.75. The monoisotopic (exact) mass is 577 g/mol. The molecule has 1 aromatic carbocycles. The summed E-state index contributed by atoms with van der Waals surface area (Å²) in [6.45, 7) is 2.01. The second-order valence-electron chi connectivity index (χ2n) is 11.7. The van der Waals surface area contributed by atoms with E-state index in [2.05, 4.69) is 20.3 Å². The van der Waals surface area contributed by atoms with Gasteiger partial charge >= 0.3 is 0 Å². The number of fused-ring (bicyclic) bond motifs is 4. The van der Waals surface area contributed by atoms with Crippen molar-refractivity contribution in [3.8, 4) is 17.3 Å². The number of aromatic nitrogens is 4. The van der Waals surface area contributed by atoms with Gasteiger partial charge in [0.25, 0.3) is 5.91 Å². The number of rotatable bonds is 9. The Hall–Kier alpha value is -3.48. The number of piperidine rings is 1. The first-order valence-corrected chi connectivity index (χ1v) is 16.1. The highest BCUT2D eigenvalue weighted by Gasteiger charge is 2.47.